The highest BCUT2D eigenvalue weighted by atomic mass is 16.5. The molecule has 3 nitrogen and oxygen atoms in total. The molecular weight excluding hydrogens is 274 g/mol. The summed E-state index contributed by atoms with van der Waals surface area (Å²) in [6.45, 7) is 4.92. The molecule has 3 heteroatoms. The van der Waals surface area contributed by atoms with Crippen LogP contribution in [0.15, 0.2) is 60.7 Å². The van der Waals surface area contributed by atoms with E-state index in [0.717, 1.165) is 25.3 Å². The molecule has 118 valence electrons. The summed E-state index contributed by atoms with van der Waals surface area (Å²) in [5.41, 5.74) is 1.27. The molecule has 0 saturated carbocycles. The molecule has 0 heterocycles. The monoisotopic (exact) mass is 299 g/mol. The van der Waals surface area contributed by atoms with E-state index in [1.54, 1.807) is 0 Å². The lowest BCUT2D eigenvalue weighted by Gasteiger charge is -2.24. The highest BCUT2D eigenvalue weighted by Gasteiger charge is 2.12. The van der Waals surface area contributed by atoms with Gasteiger partial charge in [-0.05, 0) is 30.7 Å². The average Bonchev–Trinajstić information content (AvgIpc) is 2.55. The lowest BCUT2D eigenvalue weighted by Crippen LogP contribution is -2.35. The largest absolute Gasteiger partial charge is 0.491 e. The number of nitrogens with zero attached hydrogens (tertiary/aromatic N) is 1. The van der Waals surface area contributed by atoms with Crippen LogP contribution in [-0.4, -0.2) is 35.8 Å². The second-order valence-electron chi connectivity index (χ2n) is 5.50. The van der Waals surface area contributed by atoms with Gasteiger partial charge in [-0.25, -0.2) is 0 Å². The van der Waals surface area contributed by atoms with Crippen LogP contribution >= 0.6 is 0 Å². The number of ether oxygens (including phenoxy) is 1. The van der Waals surface area contributed by atoms with Gasteiger partial charge in [0.05, 0.1) is 0 Å². The number of benzene rings is 2. The minimum atomic E-state index is -0.490. The van der Waals surface area contributed by atoms with Gasteiger partial charge in [0.2, 0.25) is 0 Å². The number of rotatable bonds is 9. The normalized spacial score (nSPS) is 12.3. The summed E-state index contributed by atoms with van der Waals surface area (Å²) in [6, 6.07) is 20.0. The minimum absolute atomic E-state index is 0.318. The zero-order chi connectivity index (χ0) is 15.6. The molecule has 0 fully saturated rings. The average molecular weight is 299 g/mol. The first kappa shape index (κ1) is 16.5. The maximum atomic E-state index is 10.2. The van der Waals surface area contributed by atoms with E-state index in [9.17, 15) is 5.11 Å². The number of hydrogen-bond donors (Lipinski definition) is 1. The first-order valence-electron chi connectivity index (χ1n) is 7.90. The Bertz CT molecular complexity index is 515. The Morgan fingerprint density at radius 1 is 1.00 bits per heavy atom. The molecule has 0 aliphatic carbocycles. The van der Waals surface area contributed by atoms with Gasteiger partial charge in [0, 0.05) is 13.1 Å². The third-order valence-electron chi connectivity index (χ3n) is 3.44. The van der Waals surface area contributed by atoms with E-state index in [1.807, 2.05) is 36.4 Å². The van der Waals surface area contributed by atoms with Gasteiger partial charge in [0.15, 0.2) is 0 Å². The molecule has 1 atom stereocenters. The molecule has 0 amide bonds. The lowest BCUT2D eigenvalue weighted by molar-refractivity contribution is 0.0656. The van der Waals surface area contributed by atoms with Crippen molar-refractivity contribution in [3.8, 4) is 5.75 Å². The summed E-state index contributed by atoms with van der Waals surface area (Å²) >= 11 is 0. The predicted octanol–water partition coefficient (Wildman–Crippen LogP) is 3.34. The number of aliphatic hydroxyl groups excluding tert-OH is 1. The zero-order valence-electron chi connectivity index (χ0n) is 13.2. The Morgan fingerprint density at radius 2 is 1.64 bits per heavy atom. The van der Waals surface area contributed by atoms with Gasteiger partial charge in [0.25, 0.3) is 0 Å². The highest BCUT2D eigenvalue weighted by Crippen LogP contribution is 2.10. The van der Waals surface area contributed by atoms with E-state index in [2.05, 4.69) is 36.1 Å². The quantitative estimate of drug-likeness (QED) is 0.771. The van der Waals surface area contributed by atoms with Crippen molar-refractivity contribution in [2.45, 2.75) is 26.0 Å². The van der Waals surface area contributed by atoms with Gasteiger partial charge in [-0.15, -0.1) is 0 Å². The van der Waals surface area contributed by atoms with Crippen LogP contribution in [0.3, 0.4) is 0 Å². The fraction of sp³-hybridized carbons (Fsp3) is 0.368. The van der Waals surface area contributed by atoms with Crippen LogP contribution in [0.25, 0.3) is 0 Å². The Hall–Kier alpha value is -1.84. The summed E-state index contributed by atoms with van der Waals surface area (Å²) in [7, 11) is 0. The third-order valence-corrected chi connectivity index (χ3v) is 3.44. The highest BCUT2D eigenvalue weighted by molar-refractivity contribution is 5.20. The molecule has 0 bridgehead atoms. The van der Waals surface area contributed by atoms with E-state index in [0.29, 0.717) is 13.2 Å². The number of para-hydroxylation sites is 1. The standard InChI is InChI=1S/C19H25NO2/c1-2-13-20(14-17-9-5-3-6-10-17)15-18(21)16-22-19-11-7-4-8-12-19/h3-12,18,21H,2,13-16H2,1H3/t18-/m0/s1. The van der Waals surface area contributed by atoms with E-state index in [4.69, 9.17) is 4.74 Å². The first-order chi connectivity index (χ1) is 10.8. The summed E-state index contributed by atoms with van der Waals surface area (Å²) in [5.74, 6) is 0.798. The molecule has 0 aromatic heterocycles. The molecule has 22 heavy (non-hydrogen) atoms. The molecule has 0 unspecified atom stereocenters. The van der Waals surface area contributed by atoms with E-state index >= 15 is 0 Å². The van der Waals surface area contributed by atoms with E-state index < -0.39 is 6.10 Å². The summed E-state index contributed by atoms with van der Waals surface area (Å²) < 4.78 is 5.62. The fourth-order valence-corrected chi connectivity index (χ4v) is 2.45. The van der Waals surface area contributed by atoms with Crippen molar-refractivity contribution < 1.29 is 9.84 Å². The Kier molecular flexibility index (Phi) is 6.94. The fourth-order valence-electron chi connectivity index (χ4n) is 2.45. The van der Waals surface area contributed by atoms with Crippen LogP contribution in [0.4, 0.5) is 0 Å². The molecule has 0 aliphatic rings. The second-order valence-corrected chi connectivity index (χ2v) is 5.50. The van der Waals surface area contributed by atoms with Crippen molar-refractivity contribution in [3.05, 3.63) is 66.2 Å². The van der Waals surface area contributed by atoms with Crippen LogP contribution < -0.4 is 4.74 Å². The van der Waals surface area contributed by atoms with Crippen LogP contribution in [0.5, 0.6) is 5.75 Å². The van der Waals surface area contributed by atoms with Crippen LogP contribution in [0.2, 0.25) is 0 Å². The maximum absolute atomic E-state index is 10.2. The summed E-state index contributed by atoms with van der Waals surface area (Å²) in [5, 5.41) is 10.2. The smallest absolute Gasteiger partial charge is 0.119 e. The molecule has 0 saturated heterocycles. The lowest BCUT2D eigenvalue weighted by atomic mass is 10.2. The maximum Gasteiger partial charge on any atom is 0.119 e. The second kappa shape index (κ2) is 9.23. The number of hydrogen-bond acceptors (Lipinski definition) is 3. The Balaban J connectivity index is 1.81. The van der Waals surface area contributed by atoms with Gasteiger partial charge in [0.1, 0.15) is 18.5 Å². The predicted molar refractivity (Wildman–Crippen MR) is 90.0 cm³/mol. The summed E-state index contributed by atoms with van der Waals surface area (Å²) in [4.78, 5) is 2.27. The first-order valence-corrected chi connectivity index (χ1v) is 7.90. The molecular formula is C19H25NO2. The van der Waals surface area contributed by atoms with Gasteiger partial charge >= 0.3 is 0 Å². The van der Waals surface area contributed by atoms with Gasteiger partial charge in [-0.1, -0.05) is 55.5 Å². The van der Waals surface area contributed by atoms with Crippen molar-refractivity contribution in [3.63, 3.8) is 0 Å². The zero-order valence-corrected chi connectivity index (χ0v) is 13.2. The molecule has 0 radical (unpaired) electrons. The van der Waals surface area contributed by atoms with Gasteiger partial charge in [-0.3, -0.25) is 4.90 Å². The molecule has 2 aromatic rings. The van der Waals surface area contributed by atoms with Gasteiger partial charge in [-0.2, -0.15) is 0 Å². The number of aliphatic hydroxyl groups is 1. The van der Waals surface area contributed by atoms with Crippen molar-refractivity contribution >= 4 is 0 Å². The van der Waals surface area contributed by atoms with E-state index in [1.165, 1.54) is 5.56 Å². The summed E-state index contributed by atoms with van der Waals surface area (Å²) in [6.07, 6.45) is 0.578. The molecule has 0 aliphatic heterocycles. The topological polar surface area (TPSA) is 32.7 Å². The van der Waals surface area contributed by atoms with Crippen molar-refractivity contribution in [2.24, 2.45) is 0 Å². The molecule has 1 N–H and O–H groups in total. The Labute approximate surface area is 133 Å². The molecule has 0 spiro atoms. The SMILES string of the molecule is CCCN(Cc1ccccc1)C[C@H](O)COc1ccccc1. The van der Waals surface area contributed by atoms with Crippen LogP contribution in [0, 0.1) is 0 Å². The van der Waals surface area contributed by atoms with Crippen molar-refractivity contribution in [1.29, 1.82) is 0 Å². The van der Waals surface area contributed by atoms with Crippen molar-refractivity contribution in [2.75, 3.05) is 19.7 Å². The van der Waals surface area contributed by atoms with Crippen LogP contribution in [0.1, 0.15) is 18.9 Å². The molecule has 2 rings (SSSR count). The minimum Gasteiger partial charge on any atom is -0.491 e. The van der Waals surface area contributed by atoms with Crippen molar-refractivity contribution in [1.82, 2.24) is 4.90 Å². The Morgan fingerprint density at radius 3 is 2.27 bits per heavy atom. The van der Waals surface area contributed by atoms with E-state index in [-0.39, 0.29) is 0 Å². The third kappa shape index (κ3) is 5.88. The van der Waals surface area contributed by atoms with Gasteiger partial charge < -0.3 is 9.84 Å². The van der Waals surface area contributed by atoms with Crippen LogP contribution in [-0.2, 0) is 6.54 Å². The molecule has 2 aromatic carbocycles.